The Hall–Kier alpha value is -2.40. The molecule has 1 aromatic heterocycles. The number of carboxylic acids is 1. The largest absolute Gasteiger partial charge is 0.477 e. The van der Waals surface area contributed by atoms with Crippen molar-refractivity contribution in [1.29, 1.82) is 0 Å². The van der Waals surface area contributed by atoms with Gasteiger partial charge in [0.2, 0.25) is 5.91 Å². The van der Waals surface area contributed by atoms with Gasteiger partial charge >= 0.3 is 5.97 Å². The SMILES string of the molecule is Cc1ccccc1/C=C/C(=O)Nc1ccc(C(=O)O)s1. The average Bonchev–Trinajstić information content (AvgIpc) is 2.86. The van der Waals surface area contributed by atoms with Crippen molar-refractivity contribution in [3.05, 3.63) is 58.5 Å². The van der Waals surface area contributed by atoms with Crippen LogP contribution in [0.15, 0.2) is 42.5 Å². The molecule has 1 aromatic carbocycles. The minimum atomic E-state index is -0.994. The molecule has 0 aliphatic rings. The number of aryl methyl sites for hydroxylation is 1. The summed E-state index contributed by atoms with van der Waals surface area (Å²) in [6, 6.07) is 10.8. The van der Waals surface area contributed by atoms with Crippen LogP contribution in [0.3, 0.4) is 0 Å². The molecule has 0 unspecified atom stereocenters. The van der Waals surface area contributed by atoms with Gasteiger partial charge in [0.05, 0.1) is 5.00 Å². The van der Waals surface area contributed by atoms with Gasteiger partial charge in [0, 0.05) is 6.08 Å². The molecule has 0 atom stereocenters. The fourth-order valence-corrected chi connectivity index (χ4v) is 2.37. The van der Waals surface area contributed by atoms with E-state index in [1.54, 1.807) is 12.1 Å². The predicted molar refractivity (Wildman–Crippen MR) is 80.1 cm³/mol. The summed E-state index contributed by atoms with van der Waals surface area (Å²) >= 11 is 1.03. The highest BCUT2D eigenvalue weighted by atomic mass is 32.1. The summed E-state index contributed by atoms with van der Waals surface area (Å²) in [7, 11) is 0. The van der Waals surface area contributed by atoms with Gasteiger partial charge in [0.25, 0.3) is 0 Å². The lowest BCUT2D eigenvalue weighted by molar-refractivity contribution is -0.111. The fourth-order valence-electron chi connectivity index (χ4n) is 1.62. The smallest absolute Gasteiger partial charge is 0.345 e. The number of aromatic carboxylic acids is 1. The number of amides is 1. The first-order chi connectivity index (χ1) is 9.56. The molecule has 1 amide bonds. The van der Waals surface area contributed by atoms with E-state index in [1.807, 2.05) is 31.2 Å². The maximum absolute atomic E-state index is 11.7. The normalized spacial score (nSPS) is 10.7. The predicted octanol–water partition coefficient (Wildman–Crippen LogP) is 3.41. The fraction of sp³-hybridized carbons (Fsp3) is 0.0667. The van der Waals surface area contributed by atoms with Crippen molar-refractivity contribution >= 4 is 34.3 Å². The summed E-state index contributed by atoms with van der Waals surface area (Å²) in [4.78, 5) is 22.7. The third kappa shape index (κ3) is 3.55. The summed E-state index contributed by atoms with van der Waals surface area (Å²) in [5.41, 5.74) is 2.06. The van der Waals surface area contributed by atoms with Crippen LogP contribution < -0.4 is 5.32 Å². The molecule has 0 saturated heterocycles. The number of benzene rings is 1. The number of carboxylic acid groups (broad SMARTS) is 1. The van der Waals surface area contributed by atoms with Gasteiger partial charge < -0.3 is 10.4 Å². The molecule has 0 radical (unpaired) electrons. The van der Waals surface area contributed by atoms with Crippen LogP contribution in [0.4, 0.5) is 5.00 Å². The van der Waals surface area contributed by atoms with Crippen molar-refractivity contribution in [2.75, 3.05) is 5.32 Å². The molecule has 0 fully saturated rings. The lowest BCUT2D eigenvalue weighted by Crippen LogP contribution is -2.06. The molecule has 2 N–H and O–H groups in total. The molecule has 2 aromatic rings. The second-order valence-electron chi connectivity index (χ2n) is 4.15. The second kappa shape index (κ2) is 6.16. The van der Waals surface area contributed by atoms with Crippen LogP contribution in [0.5, 0.6) is 0 Å². The summed E-state index contributed by atoms with van der Waals surface area (Å²) in [6.07, 6.45) is 3.17. The first kappa shape index (κ1) is 14.0. The molecule has 0 aliphatic carbocycles. The highest BCUT2D eigenvalue weighted by Crippen LogP contribution is 2.21. The number of carbonyl (C=O) groups excluding carboxylic acids is 1. The van der Waals surface area contributed by atoms with Crippen LogP contribution in [-0.4, -0.2) is 17.0 Å². The Morgan fingerprint density at radius 3 is 2.60 bits per heavy atom. The number of nitrogens with one attached hydrogen (secondary N) is 1. The molecule has 20 heavy (non-hydrogen) atoms. The standard InChI is InChI=1S/C15H13NO3S/c1-10-4-2-3-5-11(10)6-8-13(17)16-14-9-7-12(20-14)15(18)19/h2-9H,1H3,(H,16,17)(H,18,19)/b8-6+. The Kier molecular flexibility index (Phi) is 4.32. The minimum Gasteiger partial charge on any atom is -0.477 e. The van der Waals surface area contributed by atoms with Gasteiger partial charge in [0.15, 0.2) is 0 Å². The number of thiophene rings is 1. The third-order valence-corrected chi connectivity index (χ3v) is 3.65. The lowest BCUT2D eigenvalue weighted by Gasteiger charge is -1.99. The first-order valence-electron chi connectivity index (χ1n) is 5.94. The van der Waals surface area contributed by atoms with Crippen molar-refractivity contribution in [1.82, 2.24) is 0 Å². The molecule has 5 heteroatoms. The number of carbonyl (C=O) groups is 2. The van der Waals surface area contributed by atoms with Crippen LogP contribution in [0, 0.1) is 6.92 Å². The Morgan fingerprint density at radius 2 is 1.95 bits per heavy atom. The zero-order valence-electron chi connectivity index (χ0n) is 10.8. The third-order valence-electron chi connectivity index (χ3n) is 2.67. The van der Waals surface area contributed by atoms with Crippen molar-refractivity contribution in [2.45, 2.75) is 6.92 Å². The monoisotopic (exact) mass is 287 g/mol. The van der Waals surface area contributed by atoms with E-state index >= 15 is 0 Å². The summed E-state index contributed by atoms with van der Waals surface area (Å²) in [5, 5.41) is 12.0. The van der Waals surface area contributed by atoms with E-state index in [9.17, 15) is 9.59 Å². The van der Waals surface area contributed by atoms with Gasteiger partial charge in [0.1, 0.15) is 4.88 Å². The Morgan fingerprint density at radius 1 is 1.20 bits per heavy atom. The number of hydrogen-bond acceptors (Lipinski definition) is 3. The number of hydrogen-bond donors (Lipinski definition) is 2. The van der Waals surface area contributed by atoms with Crippen molar-refractivity contribution in [3.63, 3.8) is 0 Å². The molecule has 0 spiro atoms. The molecule has 1 heterocycles. The van der Waals surface area contributed by atoms with E-state index in [1.165, 1.54) is 12.1 Å². The highest BCUT2D eigenvalue weighted by molar-refractivity contribution is 7.18. The van der Waals surface area contributed by atoms with Gasteiger partial charge in [-0.05, 0) is 36.3 Å². The molecule has 0 aliphatic heterocycles. The Labute approximate surface area is 120 Å². The number of anilines is 1. The van der Waals surface area contributed by atoms with Crippen LogP contribution in [0.2, 0.25) is 0 Å². The quantitative estimate of drug-likeness (QED) is 0.847. The molecular weight excluding hydrogens is 274 g/mol. The molecule has 4 nitrogen and oxygen atoms in total. The molecule has 0 saturated carbocycles. The van der Waals surface area contributed by atoms with Gasteiger partial charge in [-0.3, -0.25) is 4.79 Å². The molecule has 2 rings (SSSR count). The highest BCUT2D eigenvalue weighted by Gasteiger charge is 2.07. The van der Waals surface area contributed by atoms with Gasteiger partial charge in [-0.15, -0.1) is 11.3 Å². The topological polar surface area (TPSA) is 66.4 Å². The minimum absolute atomic E-state index is 0.197. The Bertz CT molecular complexity index is 673. The van der Waals surface area contributed by atoms with Crippen LogP contribution in [0.1, 0.15) is 20.8 Å². The number of rotatable bonds is 4. The van der Waals surface area contributed by atoms with E-state index in [4.69, 9.17) is 5.11 Å². The van der Waals surface area contributed by atoms with Crippen LogP contribution in [0.25, 0.3) is 6.08 Å². The van der Waals surface area contributed by atoms with Gasteiger partial charge in [-0.2, -0.15) is 0 Å². The summed E-state index contributed by atoms with van der Waals surface area (Å²) in [5.74, 6) is -1.28. The maximum Gasteiger partial charge on any atom is 0.345 e. The molecular formula is C15H13NO3S. The average molecular weight is 287 g/mol. The zero-order valence-corrected chi connectivity index (χ0v) is 11.6. The molecule has 102 valence electrons. The van der Waals surface area contributed by atoms with Gasteiger partial charge in [-0.1, -0.05) is 24.3 Å². The summed E-state index contributed by atoms with van der Waals surface area (Å²) in [6.45, 7) is 1.97. The zero-order chi connectivity index (χ0) is 14.5. The molecule has 0 bridgehead atoms. The van der Waals surface area contributed by atoms with Crippen molar-refractivity contribution in [3.8, 4) is 0 Å². The van der Waals surface area contributed by atoms with Crippen molar-refractivity contribution in [2.24, 2.45) is 0 Å². The first-order valence-corrected chi connectivity index (χ1v) is 6.76. The van der Waals surface area contributed by atoms with Gasteiger partial charge in [-0.25, -0.2) is 4.79 Å². The second-order valence-corrected chi connectivity index (χ2v) is 5.23. The van der Waals surface area contributed by atoms with E-state index in [0.717, 1.165) is 22.5 Å². The van der Waals surface area contributed by atoms with E-state index < -0.39 is 5.97 Å². The maximum atomic E-state index is 11.7. The van der Waals surface area contributed by atoms with Crippen LogP contribution in [-0.2, 0) is 4.79 Å². The van der Waals surface area contributed by atoms with E-state index in [0.29, 0.717) is 5.00 Å². The van der Waals surface area contributed by atoms with Crippen LogP contribution >= 0.6 is 11.3 Å². The lowest BCUT2D eigenvalue weighted by atomic mass is 10.1. The summed E-state index contributed by atoms with van der Waals surface area (Å²) < 4.78 is 0. The van der Waals surface area contributed by atoms with Crippen molar-refractivity contribution < 1.29 is 14.7 Å². The van der Waals surface area contributed by atoms with E-state index in [-0.39, 0.29) is 10.8 Å². The Balaban J connectivity index is 2.02. The van der Waals surface area contributed by atoms with E-state index in [2.05, 4.69) is 5.32 Å².